The molecule has 1 aromatic heterocycles. The van der Waals surface area contributed by atoms with E-state index in [2.05, 4.69) is 15.4 Å². The Hall–Kier alpha value is -2.98. The van der Waals surface area contributed by atoms with Crippen LogP contribution < -0.4 is 10.6 Å². The first kappa shape index (κ1) is 24.2. The molecular formula is C24H32FN5O4. The molecule has 2 fully saturated rings. The number of carbonyl (C=O) groups excluding carboxylic acids is 2. The number of amides is 2. The molecule has 2 atom stereocenters. The lowest BCUT2D eigenvalue weighted by molar-refractivity contribution is -0.148. The van der Waals surface area contributed by atoms with Crippen LogP contribution in [0.2, 0.25) is 0 Å². The summed E-state index contributed by atoms with van der Waals surface area (Å²) < 4.78 is 26.6. The molecule has 1 aromatic carbocycles. The quantitative estimate of drug-likeness (QED) is 0.543. The van der Waals surface area contributed by atoms with Gasteiger partial charge in [0, 0.05) is 31.4 Å². The molecule has 10 heteroatoms. The number of nitrogens with zero attached hydrogens (tertiary/aromatic N) is 3. The van der Waals surface area contributed by atoms with Gasteiger partial charge in [0.1, 0.15) is 17.6 Å². The number of alkyl carbamates (subject to hydrolysis) is 1. The van der Waals surface area contributed by atoms with Crippen molar-refractivity contribution in [3.8, 4) is 5.69 Å². The van der Waals surface area contributed by atoms with Gasteiger partial charge in [-0.1, -0.05) is 12.1 Å². The normalized spacial score (nSPS) is 18.9. The van der Waals surface area contributed by atoms with E-state index in [4.69, 9.17) is 9.84 Å². The third kappa shape index (κ3) is 5.56. The van der Waals surface area contributed by atoms with Crippen LogP contribution in [0.4, 0.5) is 9.18 Å². The number of methoxy groups -OCH3 is 1. The van der Waals surface area contributed by atoms with Crippen molar-refractivity contribution >= 4 is 12.0 Å². The van der Waals surface area contributed by atoms with Crippen LogP contribution in [0.3, 0.4) is 0 Å². The van der Waals surface area contributed by atoms with Crippen LogP contribution in [0.5, 0.6) is 0 Å². The Kier molecular flexibility index (Phi) is 7.79. The van der Waals surface area contributed by atoms with Crippen molar-refractivity contribution in [1.82, 2.24) is 25.3 Å². The number of carbonyl (C=O) groups is 2. The van der Waals surface area contributed by atoms with Gasteiger partial charge in [-0.15, -0.1) is 0 Å². The maximum absolute atomic E-state index is 14.7. The lowest BCUT2D eigenvalue weighted by Crippen LogP contribution is -2.50. The highest BCUT2D eigenvalue weighted by molar-refractivity contribution is 5.82. The summed E-state index contributed by atoms with van der Waals surface area (Å²) in [4.78, 5) is 26.5. The second-order valence-corrected chi connectivity index (χ2v) is 8.66. The molecule has 1 aliphatic heterocycles. The minimum Gasteiger partial charge on any atom is -0.453 e. The Labute approximate surface area is 198 Å². The lowest BCUT2D eigenvalue weighted by atomic mass is 10.1. The fourth-order valence-corrected chi connectivity index (χ4v) is 4.26. The zero-order chi connectivity index (χ0) is 24.1. The number of benzene rings is 1. The third-order valence-electron chi connectivity index (χ3n) is 6.19. The Balaban J connectivity index is 1.58. The highest BCUT2D eigenvalue weighted by Gasteiger charge is 2.40. The standard InChI is InChI=1S/C24H32FN5O4/c1-16(29(17-9-10-17)23(31)22-15-26-12-13-34-22)20-14-18(6-5-11-27-24(32)33-2)30(28-20)21-8-4-3-7-19(21)25/h3-4,7-8,14,16-17,22,26H,5-6,9-13,15H2,1-2H3,(H,27,32)/t16-,22-/m1/s1. The van der Waals surface area contributed by atoms with Gasteiger partial charge in [0.25, 0.3) is 5.91 Å². The molecule has 0 bridgehead atoms. The van der Waals surface area contributed by atoms with Gasteiger partial charge >= 0.3 is 6.09 Å². The average Bonchev–Trinajstić information content (AvgIpc) is 3.60. The Morgan fingerprint density at radius 3 is 2.85 bits per heavy atom. The van der Waals surface area contributed by atoms with Gasteiger partial charge < -0.3 is 25.0 Å². The zero-order valence-electron chi connectivity index (χ0n) is 19.6. The molecule has 2 heterocycles. The molecule has 4 rings (SSSR count). The van der Waals surface area contributed by atoms with Crippen LogP contribution in [0.25, 0.3) is 5.69 Å². The topological polar surface area (TPSA) is 97.7 Å². The first-order valence-corrected chi connectivity index (χ1v) is 11.8. The van der Waals surface area contributed by atoms with E-state index in [1.54, 1.807) is 22.9 Å². The summed E-state index contributed by atoms with van der Waals surface area (Å²) in [7, 11) is 1.32. The largest absolute Gasteiger partial charge is 0.453 e. The number of hydrogen-bond acceptors (Lipinski definition) is 6. The molecule has 184 valence electrons. The van der Waals surface area contributed by atoms with Gasteiger partial charge in [0.05, 0.1) is 25.5 Å². The number of aryl methyl sites for hydroxylation is 1. The van der Waals surface area contributed by atoms with Crippen molar-refractivity contribution in [2.75, 3.05) is 33.4 Å². The summed E-state index contributed by atoms with van der Waals surface area (Å²) in [5.74, 6) is -0.415. The van der Waals surface area contributed by atoms with Gasteiger partial charge in [-0.25, -0.2) is 13.9 Å². The predicted molar refractivity (Wildman–Crippen MR) is 123 cm³/mol. The van der Waals surface area contributed by atoms with E-state index in [0.717, 1.165) is 25.1 Å². The molecule has 0 unspecified atom stereocenters. The summed E-state index contributed by atoms with van der Waals surface area (Å²) in [6.45, 7) is 4.12. The second-order valence-electron chi connectivity index (χ2n) is 8.66. The SMILES string of the molecule is COC(=O)NCCCc1cc([C@@H](C)N(C(=O)[C@H]2CNCCO2)C2CC2)nn1-c1ccccc1F. The maximum atomic E-state index is 14.7. The van der Waals surface area contributed by atoms with Crippen molar-refractivity contribution in [3.63, 3.8) is 0 Å². The molecule has 1 aliphatic carbocycles. The molecule has 2 aliphatic rings. The van der Waals surface area contributed by atoms with Crippen molar-refractivity contribution in [3.05, 3.63) is 47.5 Å². The van der Waals surface area contributed by atoms with Crippen LogP contribution in [0.15, 0.2) is 30.3 Å². The maximum Gasteiger partial charge on any atom is 0.406 e. The second kappa shape index (κ2) is 11.0. The molecule has 2 amide bonds. The number of halogens is 1. The minimum atomic E-state index is -0.505. The highest BCUT2D eigenvalue weighted by atomic mass is 19.1. The van der Waals surface area contributed by atoms with Gasteiger partial charge in [-0.3, -0.25) is 4.79 Å². The van der Waals surface area contributed by atoms with Crippen LogP contribution in [0.1, 0.15) is 43.6 Å². The van der Waals surface area contributed by atoms with E-state index in [0.29, 0.717) is 43.9 Å². The number of hydrogen-bond donors (Lipinski definition) is 2. The number of nitrogens with one attached hydrogen (secondary N) is 2. The molecule has 2 N–H and O–H groups in total. The first-order valence-electron chi connectivity index (χ1n) is 11.8. The Morgan fingerprint density at radius 2 is 2.18 bits per heavy atom. The number of rotatable bonds is 9. The summed E-state index contributed by atoms with van der Waals surface area (Å²) in [5, 5.41) is 10.6. The van der Waals surface area contributed by atoms with E-state index in [-0.39, 0.29) is 23.8 Å². The summed E-state index contributed by atoms with van der Waals surface area (Å²) in [6.07, 6.45) is 2.09. The molecule has 2 aromatic rings. The van der Waals surface area contributed by atoms with Crippen LogP contribution in [-0.4, -0.2) is 72.2 Å². The molecule has 1 saturated carbocycles. The predicted octanol–water partition coefficient (Wildman–Crippen LogP) is 2.34. The monoisotopic (exact) mass is 473 g/mol. The fourth-order valence-electron chi connectivity index (χ4n) is 4.26. The lowest BCUT2D eigenvalue weighted by Gasteiger charge is -2.33. The fraction of sp³-hybridized carbons (Fsp3) is 0.542. The number of morpholine rings is 1. The van der Waals surface area contributed by atoms with Gasteiger partial charge in [-0.2, -0.15) is 5.10 Å². The molecule has 1 saturated heterocycles. The minimum absolute atomic E-state index is 0.0357. The molecule has 0 spiro atoms. The zero-order valence-corrected chi connectivity index (χ0v) is 19.6. The molecule has 0 radical (unpaired) electrons. The van der Waals surface area contributed by atoms with E-state index in [9.17, 15) is 14.0 Å². The number of para-hydroxylation sites is 1. The molecular weight excluding hydrogens is 441 g/mol. The number of aromatic nitrogens is 2. The highest BCUT2D eigenvalue weighted by Crippen LogP contribution is 2.35. The van der Waals surface area contributed by atoms with Crippen LogP contribution in [-0.2, 0) is 20.7 Å². The Morgan fingerprint density at radius 1 is 1.38 bits per heavy atom. The summed E-state index contributed by atoms with van der Waals surface area (Å²) >= 11 is 0. The summed E-state index contributed by atoms with van der Waals surface area (Å²) in [6, 6.07) is 8.29. The number of ether oxygens (including phenoxy) is 2. The van der Waals surface area contributed by atoms with Crippen molar-refractivity contribution in [1.29, 1.82) is 0 Å². The van der Waals surface area contributed by atoms with Gasteiger partial charge in [0.15, 0.2) is 0 Å². The van der Waals surface area contributed by atoms with Crippen molar-refractivity contribution < 1.29 is 23.5 Å². The van der Waals surface area contributed by atoms with Crippen molar-refractivity contribution in [2.24, 2.45) is 0 Å². The van der Waals surface area contributed by atoms with E-state index >= 15 is 0 Å². The molecule has 9 nitrogen and oxygen atoms in total. The third-order valence-corrected chi connectivity index (χ3v) is 6.19. The van der Waals surface area contributed by atoms with E-state index < -0.39 is 12.2 Å². The summed E-state index contributed by atoms with van der Waals surface area (Å²) in [5.41, 5.74) is 1.85. The van der Waals surface area contributed by atoms with E-state index in [1.165, 1.54) is 13.2 Å². The van der Waals surface area contributed by atoms with Gasteiger partial charge in [0.2, 0.25) is 0 Å². The van der Waals surface area contributed by atoms with Crippen LogP contribution >= 0.6 is 0 Å². The van der Waals surface area contributed by atoms with Crippen LogP contribution in [0, 0.1) is 5.82 Å². The Bertz CT molecular complexity index is 1000. The average molecular weight is 474 g/mol. The molecule has 34 heavy (non-hydrogen) atoms. The van der Waals surface area contributed by atoms with Gasteiger partial charge in [-0.05, 0) is 50.8 Å². The smallest absolute Gasteiger partial charge is 0.406 e. The van der Waals surface area contributed by atoms with Crippen molar-refractivity contribution in [2.45, 2.75) is 50.8 Å². The van der Waals surface area contributed by atoms with E-state index in [1.807, 2.05) is 17.9 Å². The first-order chi connectivity index (χ1) is 16.5.